The average molecular weight is 507 g/mol. The van der Waals surface area contributed by atoms with E-state index in [1.807, 2.05) is 20.8 Å². The van der Waals surface area contributed by atoms with Crippen molar-refractivity contribution in [2.45, 2.75) is 52.6 Å². The fourth-order valence-corrected chi connectivity index (χ4v) is 5.91. The second kappa shape index (κ2) is 10.3. The molecule has 1 aliphatic heterocycles. The molecule has 1 aromatic carbocycles. The van der Waals surface area contributed by atoms with Crippen LogP contribution in [0.1, 0.15) is 60.5 Å². The molecule has 4 N–H and O–H groups in total. The molecule has 1 aromatic heterocycles. The Morgan fingerprint density at radius 2 is 1.85 bits per heavy atom. The van der Waals surface area contributed by atoms with Crippen LogP contribution < -0.4 is 16.4 Å². The molecule has 1 fully saturated rings. The molecule has 0 aliphatic carbocycles. The normalized spacial score (nSPS) is 18.5. The number of thiophene rings is 1. The quantitative estimate of drug-likeness (QED) is 0.448. The van der Waals surface area contributed by atoms with E-state index in [0.717, 1.165) is 23.3 Å². The molecule has 0 spiro atoms. The first-order valence-electron chi connectivity index (χ1n) is 11.1. The largest absolute Gasteiger partial charge is 0.469 e. The lowest BCUT2D eigenvalue weighted by Gasteiger charge is -2.34. The number of primary amides is 1. The third kappa shape index (κ3) is 5.54. The molecule has 2 unspecified atom stereocenters. The standard InChI is InChI=1S/C24H31ClN4O4S/c1-13-6-11-17(29(13)12-24(3,4)22(31)33-5)19-14(2)18(20(26)30)21(34-19)28-23(32)27-16-9-7-15(25)8-10-16/h7-10,13,17H,6,11-12H2,1-5H3,(H2,26,30)(H2,27,28,32). The first-order chi connectivity index (χ1) is 15.9. The Kier molecular flexibility index (Phi) is 7.90. The fourth-order valence-electron chi connectivity index (χ4n) is 4.42. The number of nitrogens with zero attached hydrogens (tertiary/aromatic N) is 1. The summed E-state index contributed by atoms with van der Waals surface area (Å²) in [7, 11) is 1.39. The van der Waals surface area contributed by atoms with Crippen LogP contribution in [0, 0.1) is 12.3 Å². The van der Waals surface area contributed by atoms with Gasteiger partial charge in [-0.15, -0.1) is 11.3 Å². The number of ether oxygens (including phenoxy) is 1. The van der Waals surface area contributed by atoms with E-state index < -0.39 is 17.4 Å². The number of carbonyl (C=O) groups excluding carboxylic acids is 3. The molecule has 3 rings (SSSR count). The van der Waals surface area contributed by atoms with Gasteiger partial charge in [-0.3, -0.25) is 19.8 Å². The SMILES string of the molecule is COC(=O)C(C)(C)CN1C(C)CCC1c1sc(NC(=O)Nc2ccc(Cl)cc2)c(C(N)=O)c1C. The van der Waals surface area contributed by atoms with E-state index in [2.05, 4.69) is 22.5 Å². The highest BCUT2D eigenvalue weighted by Crippen LogP contribution is 2.45. The number of methoxy groups -OCH3 is 1. The van der Waals surface area contributed by atoms with Crippen LogP contribution >= 0.6 is 22.9 Å². The molecule has 34 heavy (non-hydrogen) atoms. The van der Waals surface area contributed by atoms with Gasteiger partial charge in [-0.05, 0) is 70.4 Å². The Bertz CT molecular complexity index is 1080. The van der Waals surface area contributed by atoms with Crippen LogP contribution in [0.4, 0.5) is 15.5 Å². The van der Waals surface area contributed by atoms with Gasteiger partial charge in [0.25, 0.3) is 5.91 Å². The Hall–Kier alpha value is -2.62. The molecule has 0 radical (unpaired) electrons. The summed E-state index contributed by atoms with van der Waals surface area (Å²) in [5.41, 5.74) is 6.63. The summed E-state index contributed by atoms with van der Waals surface area (Å²) < 4.78 is 4.99. The van der Waals surface area contributed by atoms with Gasteiger partial charge in [0, 0.05) is 34.2 Å². The van der Waals surface area contributed by atoms with Crippen molar-refractivity contribution in [3.63, 3.8) is 0 Å². The summed E-state index contributed by atoms with van der Waals surface area (Å²) in [6.45, 7) is 8.22. The third-order valence-electron chi connectivity index (χ3n) is 6.20. The molecule has 8 nitrogen and oxygen atoms in total. The minimum atomic E-state index is -0.692. The van der Waals surface area contributed by atoms with Crippen molar-refractivity contribution < 1.29 is 19.1 Å². The molecule has 2 heterocycles. The molecule has 2 aromatic rings. The van der Waals surface area contributed by atoms with Gasteiger partial charge < -0.3 is 15.8 Å². The number of rotatable bonds is 7. The van der Waals surface area contributed by atoms with Gasteiger partial charge in [0.2, 0.25) is 0 Å². The number of hydrogen-bond acceptors (Lipinski definition) is 6. The topological polar surface area (TPSA) is 114 Å². The van der Waals surface area contributed by atoms with Gasteiger partial charge in [-0.1, -0.05) is 11.6 Å². The first kappa shape index (κ1) is 26.0. The van der Waals surface area contributed by atoms with Crippen LogP contribution in [0.25, 0.3) is 0 Å². The van der Waals surface area contributed by atoms with E-state index in [1.165, 1.54) is 18.4 Å². The maximum atomic E-state index is 12.6. The fraction of sp³-hybridized carbons (Fsp3) is 0.458. The van der Waals surface area contributed by atoms with E-state index in [4.69, 9.17) is 22.1 Å². The third-order valence-corrected chi connectivity index (χ3v) is 7.76. The zero-order chi connectivity index (χ0) is 25.2. The lowest BCUT2D eigenvalue weighted by atomic mass is 9.92. The van der Waals surface area contributed by atoms with Gasteiger partial charge in [-0.25, -0.2) is 4.79 Å². The van der Waals surface area contributed by atoms with Crippen LogP contribution in [0.5, 0.6) is 0 Å². The monoisotopic (exact) mass is 506 g/mol. The van der Waals surface area contributed by atoms with Gasteiger partial charge >= 0.3 is 12.0 Å². The maximum Gasteiger partial charge on any atom is 0.324 e. The van der Waals surface area contributed by atoms with Crippen LogP contribution in [-0.4, -0.2) is 42.5 Å². The number of halogens is 1. The van der Waals surface area contributed by atoms with Gasteiger partial charge in [0.15, 0.2) is 0 Å². The molecular weight excluding hydrogens is 476 g/mol. The number of nitrogens with two attached hydrogens (primary N) is 1. The minimum absolute atomic E-state index is 0.00286. The highest BCUT2D eigenvalue weighted by Gasteiger charge is 2.41. The molecular formula is C24H31ClN4O4S. The zero-order valence-corrected chi connectivity index (χ0v) is 21.6. The number of esters is 1. The average Bonchev–Trinajstić information content (AvgIpc) is 3.27. The summed E-state index contributed by atoms with van der Waals surface area (Å²) in [6.07, 6.45) is 1.82. The van der Waals surface area contributed by atoms with E-state index in [9.17, 15) is 14.4 Å². The molecule has 1 saturated heterocycles. The number of nitrogens with one attached hydrogen (secondary N) is 2. The van der Waals surface area contributed by atoms with Crippen molar-refractivity contribution in [3.8, 4) is 0 Å². The number of carbonyl (C=O) groups is 3. The number of anilines is 2. The van der Waals surface area contributed by atoms with Gasteiger partial charge in [0.05, 0.1) is 18.1 Å². The molecule has 2 atom stereocenters. The van der Waals surface area contributed by atoms with Crippen molar-refractivity contribution in [1.82, 2.24) is 4.90 Å². The molecule has 3 amide bonds. The molecule has 0 saturated carbocycles. The van der Waals surface area contributed by atoms with Crippen molar-refractivity contribution in [2.75, 3.05) is 24.3 Å². The second-order valence-corrected chi connectivity index (χ2v) is 10.7. The van der Waals surface area contributed by atoms with Gasteiger partial charge in [0.1, 0.15) is 5.00 Å². The molecule has 0 bridgehead atoms. The summed E-state index contributed by atoms with van der Waals surface area (Å²) in [5.74, 6) is -0.874. The Balaban J connectivity index is 1.88. The highest BCUT2D eigenvalue weighted by molar-refractivity contribution is 7.17. The number of benzene rings is 1. The van der Waals surface area contributed by atoms with Crippen LogP contribution in [-0.2, 0) is 9.53 Å². The summed E-state index contributed by atoms with van der Waals surface area (Å²) >= 11 is 7.24. The van der Waals surface area contributed by atoms with Crippen LogP contribution in [0.3, 0.4) is 0 Å². The number of likely N-dealkylation sites (tertiary alicyclic amines) is 1. The number of hydrogen-bond donors (Lipinski definition) is 3. The zero-order valence-electron chi connectivity index (χ0n) is 20.0. The van der Waals surface area contributed by atoms with Crippen molar-refractivity contribution in [2.24, 2.45) is 11.1 Å². The van der Waals surface area contributed by atoms with Crippen molar-refractivity contribution in [3.05, 3.63) is 45.3 Å². The first-order valence-corrected chi connectivity index (χ1v) is 12.2. The summed E-state index contributed by atoms with van der Waals surface area (Å²) in [4.78, 5) is 40.5. The highest BCUT2D eigenvalue weighted by atomic mass is 35.5. The summed E-state index contributed by atoms with van der Waals surface area (Å²) in [6, 6.07) is 6.47. The number of urea groups is 1. The second-order valence-electron chi connectivity index (χ2n) is 9.24. The Morgan fingerprint density at radius 3 is 2.44 bits per heavy atom. The maximum absolute atomic E-state index is 12.6. The summed E-state index contributed by atoms with van der Waals surface area (Å²) in [5, 5.41) is 6.48. The molecule has 10 heteroatoms. The predicted octanol–water partition coefficient (Wildman–Crippen LogP) is 5.18. The van der Waals surface area contributed by atoms with Crippen LogP contribution in [0.15, 0.2) is 24.3 Å². The van der Waals surface area contributed by atoms with E-state index in [0.29, 0.717) is 27.8 Å². The smallest absolute Gasteiger partial charge is 0.324 e. The Labute approximate surface area is 208 Å². The molecule has 184 valence electrons. The minimum Gasteiger partial charge on any atom is -0.469 e. The predicted molar refractivity (Wildman–Crippen MR) is 136 cm³/mol. The van der Waals surface area contributed by atoms with Crippen molar-refractivity contribution >= 4 is 51.5 Å². The molecule has 1 aliphatic rings. The van der Waals surface area contributed by atoms with E-state index in [1.54, 1.807) is 24.3 Å². The van der Waals surface area contributed by atoms with Crippen LogP contribution in [0.2, 0.25) is 5.02 Å². The number of amides is 3. The van der Waals surface area contributed by atoms with E-state index in [-0.39, 0.29) is 18.1 Å². The van der Waals surface area contributed by atoms with Crippen molar-refractivity contribution in [1.29, 1.82) is 0 Å². The lowest BCUT2D eigenvalue weighted by molar-refractivity contribution is -0.152. The van der Waals surface area contributed by atoms with E-state index >= 15 is 0 Å². The lowest BCUT2D eigenvalue weighted by Crippen LogP contribution is -2.42. The Morgan fingerprint density at radius 1 is 1.21 bits per heavy atom. The van der Waals surface area contributed by atoms with Gasteiger partial charge in [-0.2, -0.15) is 0 Å².